The van der Waals surface area contributed by atoms with Gasteiger partial charge in [0, 0.05) is 6.04 Å². The van der Waals surface area contributed by atoms with Crippen LogP contribution in [0.4, 0.5) is 4.79 Å². The van der Waals surface area contributed by atoms with Gasteiger partial charge in [-0.3, -0.25) is 4.79 Å². The summed E-state index contributed by atoms with van der Waals surface area (Å²) in [5, 5.41) is 2.99. The summed E-state index contributed by atoms with van der Waals surface area (Å²) in [4.78, 5) is 26.4. The Kier molecular flexibility index (Phi) is 5.91. The number of amides is 2. The maximum absolute atomic E-state index is 12.3. The number of nitrogens with two attached hydrogens (primary N) is 1. The molecular formula is C19H27N3O3. The monoisotopic (exact) mass is 345 g/mol. The highest BCUT2D eigenvalue weighted by atomic mass is 16.5. The molecule has 0 aromatic heterocycles. The lowest BCUT2D eigenvalue weighted by Gasteiger charge is -2.40. The number of hydrogen-bond acceptors (Lipinski definition) is 4. The van der Waals surface area contributed by atoms with Crippen LogP contribution in [-0.4, -0.2) is 41.6 Å². The summed E-state index contributed by atoms with van der Waals surface area (Å²) in [7, 11) is 0. The van der Waals surface area contributed by atoms with E-state index in [2.05, 4.69) is 5.32 Å². The van der Waals surface area contributed by atoms with Gasteiger partial charge in [-0.25, -0.2) is 4.79 Å². The summed E-state index contributed by atoms with van der Waals surface area (Å²) >= 11 is 0. The Morgan fingerprint density at radius 1 is 1.12 bits per heavy atom. The van der Waals surface area contributed by atoms with Crippen LogP contribution >= 0.6 is 0 Å². The highest BCUT2D eigenvalue weighted by Gasteiger charge is 2.41. The number of nitrogens with one attached hydrogen (secondary N) is 1. The second kappa shape index (κ2) is 8.34. The molecule has 0 radical (unpaired) electrons. The van der Waals surface area contributed by atoms with Crippen LogP contribution < -0.4 is 11.1 Å². The van der Waals surface area contributed by atoms with Crippen LogP contribution in [0.5, 0.6) is 0 Å². The fourth-order valence-corrected chi connectivity index (χ4v) is 3.65. The third-order valence-electron chi connectivity index (χ3n) is 5.01. The Labute approximate surface area is 148 Å². The predicted octanol–water partition coefficient (Wildman–Crippen LogP) is 2.17. The average Bonchev–Trinajstić information content (AvgIpc) is 3.47. The minimum Gasteiger partial charge on any atom is -0.445 e. The van der Waals surface area contributed by atoms with Gasteiger partial charge in [0.25, 0.3) is 0 Å². The number of alkyl carbamates (subject to hydrolysis) is 1. The lowest BCUT2D eigenvalue weighted by Crippen LogP contribution is -2.56. The topological polar surface area (TPSA) is 84.7 Å². The van der Waals surface area contributed by atoms with Crippen molar-refractivity contribution >= 4 is 12.0 Å². The first-order valence-corrected chi connectivity index (χ1v) is 9.17. The lowest BCUT2D eigenvalue weighted by atomic mass is 9.89. The Balaban J connectivity index is 1.58. The van der Waals surface area contributed by atoms with Gasteiger partial charge in [0.05, 0.1) is 18.6 Å². The lowest BCUT2D eigenvalue weighted by molar-refractivity contribution is -0.134. The largest absolute Gasteiger partial charge is 0.445 e. The highest BCUT2D eigenvalue weighted by molar-refractivity contribution is 5.79. The molecule has 0 unspecified atom stereocenters. The molecule has 6 heteroatoms. The summed E-state index contributed by atoms with van der Waals surface area (Å²) in [6.07, 6.45) is 5.55. The molecule has 2 aliphatic rings. The fourth-order valence-electron chi connectivity index (χ4n) is 3.65. The molecular weight excluding hydrogens is 318 g/mol. The van der Waals surface area contributed by atoms with E-state index in [4.69, 9.17) is 10.5 Å². The first-order chi connectivity index (χ1) is 12.2. The SMILES string of the molecule is NCC(=O)N(C1CC1)[C@@H]1CCCC[C@H]1NC(=O)OCc1ccccc1. The summed E-state index contributed by atoms with van der Waals surface area (Å²) in [5.74, 6) is -0.0150. The maximum atomic E-state index is 12.3. The van der Waals surface area contributed by atoms with Crippen molar-refractivity contribution in [1.82, 2.24) is 10.2 Å². The molecule has 1 aromatic rings. The Morgan fingerprint density at radius 3 is 2.52 bits per heavy atom. The molecule has 0 bridgehead atoms. The van der Waals surface area contributed by atoms with Gasteiger partial charge in [-0.1, -0.05) is 43.2 Å². The predicted molar refractivity (Wildman–Crippen MR) is 94.7 cm³/mol. The molecule has 0 spiro atoms. The minimum atomic E-state index is -0.420. The van der Waals surface area contributed by atoms with Gasteiger partial charge >= 0.3 is 6.09 Å². The van der Waals surface area contributed by atoms with E-state index in [1.54, 1.807) is 0 Å². The molecule has 25 heavy (non-hydrogen) atoms. The third kappa shape index (κ3) is 4.72. The van der Waals surface area contributed by atoms with Crippen LogP contribution in [0.15, 0.2) is 30.3 Å². The number of hydrogen-bond donors (Lipinski definition) is 2. The zero-order chi connectivity index (χ0) is 17.6. The standard InChI is InChI=1S/C19H27N3O3/c20-12-18(23)22(15-10-11-15)17-9-5-4-8-16(17)21-19(24)25-13-14-6-2-1-3-7-14/h1-3,6-7,15-17H,4-5,8-13,20H2,(H,21,24)/t16-,17-/m1/s1. The van der Waals surface area contributed by atoms with Gasteiger partial charge in [-0.15, -0.1) is 0 Å². The smallest absolute Gasteiger partial charge is 0.407 e. The summed E-state index contributed by atoms with van der Waals surface area (Å²) in [6, 6.07) is 9.87. The van der Waals surface area contributed by atoms with Crippen molar-refractivity contribution in [2.24, 2.45) is 5.73 Å². The van der Waals surface area contributed by atoms with Gasteiger partial charge in [-0.05, 0) is 31.2 Å². The van der Waals surface area contributed by atoms with Crippen molar-refractivity contribution < 1.29 is 14.3 Å². The summed E-state index contributed by atoms with van der Waals surface area (Å²) in [6.45, 7) is 0.274. The Bertz CT molecular complexity index is 589. The van der Waals surface area contributed by atoms with E-state index >= 15 is 0 Å². The van der Waals surface area contributed by atoms with Gasteiger partial charge < -0.3 is 20.7 Å². The van der Waals surface area contributed by atoms with E-state index in [0.717, 1.165) is 44.1 Å². The summed E-state index contributed by atoms with van der Waals surface area (Å²) < 4.78 is 5.34. The van der Waals surface area contributed by atoms with E-state index in [-0.39, 0.29) is 31.1 Å². The van der Waals surface area contributed by atoms with E-state index in [9.17, 15) is 9.59 Å². The molecule has 2 amide bonds. The van der Waals surface area contributed by atoms with E-state index in [1.807, 2.05) is 35.2 Å². The Morgan fingerprint density at radius 2 is 1.84 bits per heavy atom. The molecule has 2 aliphatic carbocycles. The number of carbonyl (C=O) groups excluding carboxylic acids is 2. The fraction of sp³-hybridized carbons (Fsp3) is 0.579. The molecule has 3 rings (SSSR count). The Hall–Kier alpha value is -2.08. The molecule has 0 saturated heterocycles. The molecule has 2 fully saturated rings. The molecule has 1 aromatic carbocycles. The minimum absolute atomic E-state index is 0.0150. The molecule has 0 aliphatic heterocycles. The van der Waals surface area contributed by atoms with Gasteiger partial charge in [-0.2, -0.15) is 0 Å². The number of benzene rings is 1. The van der Waals surface area contributed by atoms with Gasteiger partial charge in [0.15, 0.2) is 0 Å². The third-order valence-corrected chi connectivity index (χ3v) is 5.01. The second-order valence-corrected chi connectivity index (χ2v) is 6.90. The highest BCUT2D eigenvalue weighted by Crippen LogP contribution is 2.34. The second-order valence-electron chi connectivity index (χ2n) is 6.90. The first-order valence-electron chi connectivity index (χ1n) is 9.17. The number of rotatable bonds is 6. The van der Waals surface area contributed by atoms with Crippen molar-refractivity contribution in [3.05, 3.63) is 35.9 Å². The molecule has 2 saturated carbocycles. The van der Waals surface area contributed by atoms with Gasteiger partial charge in [0.1, 0.15) is 6.61 Å². The van der Waals surface area contributed by atoms with Crippen molar-refractivity contribution in [3.63, 3.8) is 0 Å². The zero-order valence-electron chi connectivity index (χ0n) is 14.5. The zero-order valence-corrected chi connectivity index (χ0v) is 14.5. The van der Waals surface area contributed by atoms with Crippen LogP contribution in [0.3, 0.4) is 0 Å². The number of ether oxygens (including phenoxy) is 1. The number of nitrogens with zero attached hydrogens (tertiary/aromatic N) is 1. The average molecular weight is 345 g/mol. The molecule has 3 N–H and O–H groups in total. The van der Waals surface area contributed by atoms with Crippen molar-refractivity contribution in [2.75, 3.05) is 6.54 Å². The molecule has 136 valence electrons. The van der Waals surface area contributed by atoms with Crippen LogP contribution in [0, 0.1) is 0 Å². The summed E-state index contributed by atoms with van der Waals surface area (Å²) in [5.41, 5.74) is 6.56. The van der Waals surface area contributed by atoms with Crippen LogP contribution in [-0.2, 0) is 16.1 Å². The first kappa shape index (κ1) is 17.7. The maximum Gasteiger partial charge on any atom is 0.407 e. The van der Waals surface area contributed by atoms with E-state index < -0.39 is 6.09 Å². The number of carbonyl (C=O) groups is 2. The molecule has 6 nitrogen and oxygen atoms in total. The van der Waals surface area contributed by atoms with Crippen molar-refractivity contribution in [1.29, 1.82) is 0 Å². The normalized spacial score (nSPS) is 22.9. The quantitative estimate of drug-likeness (QED) is 0.827. The van der Waals surface area contributed by atoms with Crippen molar-refractivity contribution in [3.8, 4) is 0 Å². The van der Waals surface area contributed by atoms with E-state index in [0.29, 0.717) is 6.04 Å². The molecule has 2 atom stereocenters. The van der Waals surface area contributed by atoms with Crippen LogP contribution in [0.2, 0.25) is 0 Å². The van der Waals surface area contributed by atoms with E-state index in [1.165, 1.54) is 0 Å². The van der Waals surface area contributed by atoms with Gasteiger partial charge in [0.2, 0.25) is 5.91 Å². The molecule has 0 heterocycles. The van der Waals surface area contributed by atoms with Crippen LogP contribution in [0.1, 0.15) is 44.1 Å². The van der Waals surface area contributed by atoms with Crippen molar-refractivity contribution in [2.45, 2.75) is 63.3 Å². The van der Waals surface area contributed by atoms with Crippen LogP contribution in [0.25, 0.3) is 0 Å².